The van der Waals surface area contributed by atoms with Crippen LogP contribution in [0.3, 0.4) is 0 Å². The van der Waals surface area contributed by atoms with Gasteiger partial charge in [0, 0.05) is 30.3 Å². The van der Waals surface area contributed by atoms with E-state index in [0.29, 0.717) is 6.04 Å². The van der Waals surface area contributed by atoms with Crippen LogP contribution < -0.4 is 16.0 Å². The lowest BCUT2D eigenvalue weighted by molar-refractivity contribution is 0.616. The summed E-state index contributed by atoms with van der Waals surface area (Å²) in [6, 6.07) is 5.43. The molecule has 1 fully saturated rings. The van der Waals surface area contributed by atoms with Crippen molar-refractivity contribution in [2.45, 2.75) is 31.7 Å². The molecule has 0 saturated carbocycles. The van der Waals surface area contributed by atoms with E-state index >= 15 is 0 Å². The molecule has 1 saturated heterocycles. The first-order chi connectivity index (χ1) is 11.7. The summed E-state index contributed by atoms with van der Waals surface area (Å²) < 4.78 is 13.8. The molecule has 0 radical (unpaired) electrons. The normalized spacial score (nSPS) is 19.8. The molecule has 1 aromatic heterocycles. The van der Waals surface area contributed by atoms with Gasteiger partial charge in [0.1, 0.15) is 11.6 Å². The van der Waals surface area contributed by atoms with Gasteiger partial charge in [0.15, 0.2) is 0 Å². The molecule has 3 N–H and O–H groups in total. The number of aromatic nitrogens is 2. The lowest BCUT2D eigenvalue weighted by Crippen LogP contribution is -2.30. The van der Waals surface area contributed by atoms with Crippen molar-refractivity contribution in [3.05, 3.63) is 35.1 Å². The van der Waals surface area contributed by atoms with Crippen molar-refractivity contribution in [1.29, 1.82) is 0 Å². The van der Waals surface area contributed by atoms with Crippen molar-refractivity contribution >= 4 is 11.8 Å². The van der Waals surface area contributed by atoms with E-state index in [2.05, 4.69) is 20.2 Å². The lowest BCUT2D eigenvalue weighted by atomic mass is 10.0. The molecule has 1 atom stereocenters. The highest BCUT2D eigenvalue weighted by Crippen LogP contribution is 2.37. The number of rotatable bonds is 2. The molecule has 2 aliphatic rings. The van der Waals surface area contributed by atoms with E-state index in [4.69, 9.17) is 5.73 Å². The summed E-state index contributed by atoms with van der Waals surface area (Å²) in [6.07, 6.45) is 3.90. The molecule has 126 valence electrons. The van der Waals surface area contributed by atoms with Gasteiger partial charge in [-0.1, -0.05) is 6.07 Å². The molecule has 0 amide bonds. The average Bonchev–Trinajstić information content (AvgIpc) is 2.98. The summed E-state index contributed by atoms with van der Waals surface area (Å²) in [5, 5.41) is 3.33. The lowest BCUT2D eigenvalue weighted by Gasteiger charge is -2.22. The van der Waals surface area contributed by atoms with Crippen LogP contribution in [-0.2, 0) is 12.8 Å². The minimum Gasteiger partial charge on any atom is -0.368 e. The number of hydrogen-bond acceptors (Lipinski definition) is 5. The van der Waals surface area contributed by atoms with Crippen molar-refractivity contribution in [2.75, 3.05) is 30.8 Å². The summed E-state index contributed by atoms with van der Waals surface area (Å²) in [5.41, 5.74) is 9.91. The Kier molecular flexibility index (Phi) is 3.84. The van der Waals surface area contributed by atoms with Crippen molar-refractivity contribution in [2.24, 2.45) is 0 Å². The van der Waals surface area contributed by atoms with Crippen molar-refractivity contribution in [1.82, 2.24) is 15.3 Å². The molecular weight excluding hydrogens is 305 g/mol. The molecule has 0 spiro atoms. The summed E-state index contributed by atoms with van der Waals surface area (Å²) >= 11 is 0. The molecule has 5 nitrogen and oxygen atoms in total. The number of nitrogen functional groups attached to an aromatic ring is 1. The molecule has 2 heterocycles. The number of anilines is 2. The fourth-order valence-electron chi connectivity index (χ4n) is 3.83. The Balaban J connectivity index is 1.85. The number of halogens is 1. The fourth-order valence-corrected chi connectivity index (χ4v) is 3.83. The molecule has 1 aliphatic heterocycles. The first kappa shape index (κ1) is 15.3. The van der Waals surface area contributed by atoms with E-state index in [9.17, 15) is 4.39 Å². The third-order valence-corrected chi connectivity index (χ3v) is 5.10. The number of nitrogens with zero attached hydrogens (tertiary/aromatic N) is 3. The van der Waals surface area contributed by atoms with Crippen molar-refractivity contribution < 1.29 is 4.39 Å². The third kappa shape index (κ3) is 2.60. The Morgan fingerprint density at radius 3 is 2.96 bits per heavy atom. The van der Waals surface area contributed by atoms with Crippen LogP contribution in [-0.4, -0.2) is 36.1 Å². The van der Waals surface area contributed by atoms with Gasteiger partial charge in [0.05, 0.1) is 5.69 Å². The number of likely N-dealkylation sites (N-methyl/N-ethyl adjacent to an activating group) is 1. The van der Waals surface area contributed by atoms with E-state index in [1.54, 1.807) is 6.07 Å². The predicted molar refractivity (Wildman–Crippen MR) is 93.5 cm³/mol. The maximum atomic E-state index is 13.8. The Bertz CT molecular complexity index is 776. The summed E-state index contributed by atoms with van der Waals surface area (Å²) in [7, 11) is 1.99. The van der Waals surface area contributed by atoms with Crippen LogP contribution in [0.5, 0.6) is 0 Å². The minimum atomic E-state index is -0.239. The first-order valence-corrected chi connectivity index (χ1v) is 8.53. The van der Waals surface area contributed by atoms with Crippen LogP contribution in [0.25, 0.3) is 11.3 Å². The van der Waals surface area contributed by atoms with Gasteiger partial charge in [0.2, 0.25) is 5.95 Å². The predicted octanol–water partition coefficient (Wildman–Crippen LogP) is 2.15. The van der Waals surface area contributed by atoms with Crippen molar-refractivity contribution in [3.8, 4) is 11.3 Å². The zero-order valence-electron chi connectivity index (χ0n) is 13.8. The second kappa shape index (κ2) is 6.02. The van der Waals surface area contributed by atoms with Crippen LogP contribution >= 0.6 is 0 Å². The van der Waals surface area contributed by atoms with E-state index in [-0.39, 0.29) is 11.8 Å². The van der Waals surface area contributed by atoms with Gasteiger partial charge in [0.25, 0.3) is 0 Å². The quantitative estimate of drug-likeness (QED) is 0.885. The van der Waals surface area contributed by atoms with Gasteiger partial charge in [-0.05, 0) is 50.4 Å². The fraction of sp³-hybridized carbons (Fsp3) is 0.444. The third-order valence-electron chi connectivity index (χ3n) is 5.10. The number of benzene rings is 1. The van der Waals surface area contributed by atoms with E-state index in [1.807, 2.05) is 13.1 Å². The van der Waals surface area contributed by atoms with Crippen LogP contribution in [0, 0.1) is 5.82 Å². The maximum Gasteiger partial charge on any atom is 0.222 e. The monoisotopic (exact) mass is 327 g/mol. The molecule has 4 rings (SSSR count). The topological polar surface area (TPSA) is 67.1 Å². The van der Waals surface area contributed by atoms with Gasteiger partial charge < -0.3 is 16.0 Å². The molecule has 6 heteroatoms. The number of nitrogens with two attached hydrogens (primary N) is 1. The highest BCUT2D eigenvalue weighted by atomic mass is 19.1. The molecule has 2 aromatic rings. The standard InChI is InChI=1S/C18H22FN5/c1-21-13-7-8-24(10-13)17-14-4-2-3-11-5-6-12(19)9-15(11)16(14)22-18(20)23-17/h5-6,9,13,21H,2-4,7-8,10H2,1H3,(H2,20,22,23)/t13-/m1/s1. The Morgan fingerprint density at radius 2 is 2.17 bits per heavy atom. The van der Waals surface area contributed by atoms with Gasteiger partial charge >= 0.3 is 0 Å². The molecule has 24 heavy (non-hydrogen) atoms. The second-order valence-electron chi connectivity index (χ2n) is 6.61. The second-order valence-corrected chi connectivity index (χ2v) is 6.61. The number of aryl methyl sites for hydroxylation is 1. The summed E-state index contributed by atoms with van der Waals surface area (Å²) in [6.45, 7) is 1.86. The zero-order chi connectivity index (χ0) is 16.7. The molecule has 1 aromatic carbocycles. The average molecular weight is 327 g/mol. The smallest absolute Gasteiger partial charge is 0.222 e. The van der Waals surface area contributed by atoms with Crippen molar-refractivity contribution in [3.63, 3.8) is 0 Å². The van der Waals surface area contributed by atoms with Crippen LogP contribution in [0.4, 0.5) is 16.2 Å². The summed E-state index contributed by atoms with van der Waals surface area (Å²) in [5.74, 6) is 0.942. The van der Waals surface area contributed by atoms with Crippen LogP contribution in [0.1, 0.15) is 24.0 Å². The molecule has 0 unspecified atom stereocenters. The number of hydrogen-bond donors (Lipinski definition) is 2. The summed E-state index contributed by atoms with van der Waals surface area (Å²) in [4.78, 5) is 11.3. The van der Waals surface area contributed by atoms with Crippen LogP contribution in [0.2, 0.25) is 0 Å². The van der Waals surface area contributed by atoms with E-state index < -0.39 is 0 Å². The zero-order valence-corrected chi connectivity index (χ0v) is 13.8. The molecule has 0 bridgehead atoms. The minimum absolute atomic E-state index is 0.239. The largest absolute Gasteiger partial charge is 0.368 e. The van der Waals surface area contributed by atoms with Gasteiger partial charge in [-0.3, -0.25) is 0 Å². The van der Waals surface area contributed by atoms with Gasteiger partial charge in [-0.15, -0.1) is 0 Å². The van der Waals surface area contributed by atoms with E-state index in [0.717, 1.165) is 67.0 Å². The molecule has 1 aliphatic carbocycles. The van der Waals surface area contributed by atoms with E-state index in [1.165, 1.54) is 6.07 Å². The Hall–Kier alpha value is -2.21. The maximum absolute atomic E-state index is 13.8. The molecular formula is C18H22FN5. The Morgan fingerprint density at radius 1 is 1.29 bits per heavy atom. The van der Waals surface area contributed by atoms with Gasteiger partial charge in [-0.2, -0.15) is 4.98 Å². The highest BCUT2D eigenvalue weighted by molar-refractivity contribution is 5.74. The number of nitrogens with one attached hydrogen (secondary N) is 1. The van der Waals surface area contributed by atoms with Gasteiger partial charge in [-0.25, -0.2) is 9.37 Å². The Labute approximate surface area is 141 Å². The first-order valence-electron chi connectivity index (χ1n) is 8.53. The van der Waals surface area contributed by atoms with Crippen LogP contribution in [0.15, 0.2) is 18.2 Å². The number of fused-ring (bicyclic) bond motifs is 3. The SMILES string of the molecule is CN[C@@H]1CCN(c2nc(N)nc3c2CCCc2ccc(F)cc2-3)C1. The highest BCUT2D eigenvalue weighted by Gasteiger charge is 2.28.